The smallest absolute Gasteiger partial charge is 0.251 e. The monoisotopic (exact) mass is 350 g/mol. The Kier molecular flexibility index (Phi) is 4.86. The van der Waals surface area contributed by atoms with E-state index in [0.717, 1.165) is 17.1 Å². The first kappa shape index (κ1) is 17.9. The molecule has 0 aliphatic heterocycles. The van der Waals surface area contributed by atoms with Crippen LogP contribution in [0, 0.1) is 19.8 Å². The number of aryl methyl sites for hydroxylation is 2. The highest BCUT2D eigenvalue weighted by atomic mass is 19.3. The topological polar surface area (TPSA) is 63.8 Å². The van der Waals surface area contributed by atoms with Crippen LogP contribution < -0.4 is 0 Å². The van der Waals surface area contributed by atoms with Crippen LogP contribution in [-0.4, -0.2) is 30.8 Å². The summed E-state index contributed by atoms with van der Waals surface area (Å²) in [5, 5.41) is 14.3. The molecule has 5 nitrogen and oxygen atoms in total. The Balaban J connectivity index is 1.87. The number of nitrogens with zero attached hydrogens (tertiary/aromatic N) is 4. The molecule has 0 radical (unpaired) electrons. The van der Waals surface area contributed by atoms with Gasteiger partial charge in [-0.15, -0.1) is 0 Å². The van der Waals surface area contributed by atoms with Crippen LogP contribution in [-0.2, 0) is 6.42 Å². The van der Waals surface area contributed by atoms with Gasteiger partial charge in [-0.05, 0) is 58.1 Å². The van der Waals surface area contributed by atoms with E-state index < -0.39 is 12.0 Å². The zero-order valence-corrected chi connectivity index (χ0v) is 14.8. The molecule has 25 heavy (non-hydrogen) atoms. The third kappa shape index (κ3) is 4.21. The zero-order chi connectivity index (χ0) is 18.2. The van der Waals surface area contributed by atoms with Gasteiger partial charge in [0, 0.05) is 24.2 Å². The molecule has 136 valence electrons. The van der Waals surface area contributed by atoms with E-state index >= 15 is 0 Å². The molecule has 0 aromatic carbocycles. The lowest BCUT2D eigenvalue weighted by Gasteiger charge is -2.28. The van der Waals surface area contributed by atoms with E-state index in [0.29, 0.717) is 30.9 Å². The normalized spacial score (nSPS) is 19.1. The Morgan fingerprint density at radius 2 is 1.92 bits per heavy atom. The van der Waals surface area contributed by atoms with Gasteiger partial charge in [0.1, 0.15) is 0 Å². The van der Waals surface area contributed by atoms with Gasteiger partial charge >= 0.3 is 0 Å². The standard InChI is InChI=1S/C18H24F2N4O/c1-11-8-12(2)24(23-11)17-21-15(10-16(22-17)13(3)25)9-14-4-6-18(19,20)7-5-14/h8,10,13-14,25H,4-7,9H2,1-3H3. The van der Waals surface area contributed by atoms with Crippen LogP contribution in [0.2, 0.25) is 0 Å². The third-order valence-corrected chi connectivity index (χ3v) is 4.75. The Hall–Kier alpha value is -1.89. The highest BCUT2D eigenvalue weighted by molar-refractivity contribution is 5.24. The van der Waals surface area contributed by atoms with Crippen molar-refractivity contribution < 1.29 is 13.9 Å². The highest BCUT2D eigenvalue weighted by Gasteiger charge is 2.35. The maximum Gasteiger partial charge on any atom is 0.251 e. The molecule has 2 aromatic rings. The molecule has 0 saturated heterocycles. The van der Waals surface area contributed by atoms with Gasteiger partial charge in [0.15, 0.2) is 0 Å². The summed E-state index contributed by atoms with van der Waals surface area (Å²) < 4.78 is 28.3. The van der Waals surface area contributed by atoms with E-state index in [1.165, 1.54) is 0 Å². The fourth-order valence-corrected chi connectivity index (χ4v) is 3.35. The van der Waals surface area contributed by atoms with Crippen molar-refractivity contribution in [3.05, 3.63) is 34.9 Å². The van der Waals surface area contributed by atoms with Crippen molar-refractivity contribution in [1.29, 1.82) is 0 Å². The van der Waals surface area contributed by atoms with Crippen LogP contribution in [0.4, 0.5) is 8.78 Å². The van der Waals surface area contributed by atoms with Gasteiger partial charge in [-0.2, -0.15) is 5.10 Å². The van der Waals surface area contributed by atoms with Crippen molar-refractivity contribution in [3.63, 3.8) is 0 Å². The van der Waals surface area contributed by atoms with Gasteiger partial charge < -0.3 is 5.11 Å². The number of aliphatic hydroxyl groups is 1. The average Bonchev–Trinajstić information content (AvgIpc) is 2.88. The van der Waals surface area contributed by atoms with Gasteiger partial charge in [-0.25, -0.2) is 23.4 Å². The summed E-state index contributed by atoms with van der Waals surface area (Å²) in [5.41, 5.74) is 3.06. The van der Waals surface area contributed by atoms with Gasteiger partial charge in [-0.3, -0.25) is 0 Å². The minimum Gasteiger partial charge on any atom is -0.387 e. The van der Waals surface area contributed by atoms with E-state index in [2.05, 4.69) is 15.1 Å². The average molecular weight is 350 g/mol. The number of hydrogen-bond donors (Lipinski definition) is 1. The lowest BCUT2D eigenvalue weighted by molar-refractivity contribution is -0.0457. The Bertz CT molecular complexity index is 748. The van der Waals surface area contributed by atoms with Crippen LogP contribution in [0.15, 0.2) is 12.1 Å². The first-order chi connectivity index (χ1) is 11.7. The summed E-state index contributed by atoms with van der Waals surface area (Å²) in [5.74, 6) is -1.92. The Morgan fingerprint density at radius 3 is 2.48 bits per heavy atom. The van der Waals surface area contributed by atoms with Crippen LogP contribution in [0.3, 0.4) is 0 Å². The molecule has 2 aromatic heterocycles. The van der Waals surface area contributed by atoms with Gasteiger partial charge in [-0.1, -0.05) is 0 Å². The molecule has 7 heteroatoms. The van der Waals surface area contributed by atoms with E-state index in [9.17, 15) is 13.9 Å². The molecule has 1 aliphatic carbocycles. The molecule has 1 fully saturated rings. The van der Waals surface area contributed by atoms with Gasteiger partial charge in [0.05, 0.1) is 17.5 Å². The molecule has 1 aliphatic rings. The maximum atomic E-state index is 13.3. The predicted molar refractivity (Wildman–Crippen MR) is 89.9 cm³/mol. The second-order valence-corrected chi connectivity index (χ2v) is 7.10. The molecular formula is C18H24F2N4O. The number of aliphatic hydroxyl groups excluding tert-OH is 1. The van der Waals surface area contributed by atoms with Crippen LogP contribution >= 0.6 is 0 Å². The first-order valence-corrected chi connectivity index (χ1v) is 8.71. The second-order valence-electron chi connectivity index (χ2n) is 7.10. The molecule has 0 amide bonds. The minimum atomic E-state index is -2.53. The summed E-state index contributed by atoms with van der Waals surface area (Å²) in [7, 11) is 0. The third-order valence-electron chi connectivity index (χ3n) is 4.75. The number of aromatic nitrogens is 4. The van der Waals surface area contributed by atoms with Crippen LogP contribution in [0.25, 0.3) is 5.95 Å². The number of alkyl halides is 2. The molecule has 1 unspecified atom stereocenters. The van der Waals surface area contributed by atoms with Crippen molar-refractivity contribution >= 4 is 0 Å². The summed E-state index contributed by atoms with van der Waals surface area (Å²) in [6.07, 6.45) is 0.761. The van der Waals surface area contributed by atoms with E-state index in [-0.39, 0.29) is 18.8 Å². The minimum absolute atomic E-state index is 0.0592. The second kappa shape index (κ2) is 6.78. The fourth-order valence-electron chi connectivity index (χ4n) is 3.35. The summed E-state index contributed by atoms with van der Waals surface area (Å²) in [6, 6.07) is 3.70. The van der Waals surface area contributed by atoms with E-state index in [1.54, 1.807) is 17.7 Å². The number of halogens is 2. The molecule has 1 saturated carbocycles. The lowest BCUT2D eigenvalue weighted by atomic mass is 9.84. The van der Waals surface area contributed by atoms with Crippen molar-refractivity contribution in [2.75, 3.05) is 0 Å². The fraction of sp³-hybridized carbons (Fsp3) is 0.611. The van der Waals surface area contributed by atoms with E-state index in [4.69, 9.17) is 0 Å². The van der Waals surface area contributed by atoms with Gasteiger partial charge in [0.25, 0.3) is 5.95 Å². The maximum absolute atomic E-state index is 13.3. The summed E-state index contributed by atoms with van der Waals surface area (Å²) >= 11 is 0. The van der Waals surface area contributed by atoms with Crippen molar-refractivity contribution in [2.45, 2.75) is 64.9 Å². The molecule has 3 rings (SSSR count). The highest BCUT2D eigenvalue weighted by Crippen LogP contribution is 2.37. The van der Waals surface area contributed by atoms with Crippen molar-refractivity contribution in [2.24, 2.45) is 5.92 Å². The summed E-state index contributed by atoms with van der Waals surface area (Å²) in [6.45, 7) is 5.46. The molecule has 0 bridgehead atoms. The molecular weight excluding hydrogens is 326 g/mol. The Labute approximate surface area is 146 Å². The number of rotatable bonds is 4. The van der Waals surface area contributed by atoms with Crippen molar-refractivity contribution in [3.8, 4) is 5.95 Å². The quantitative estimate of drug-likeness (QED) is 0.913. The SMILES string of the molecule is Cc1cc(C)n(-c2nc(CC3CCC(F)(F)CC3)cc(C(C)O)n2)n1. The van der Waals surface area contributed by atoms with Crippen LogP contribution in [0.5, 0.6) is 0 Å². The molecule has 1 N–H and O–H groups in total. The molecule has 1 atom stereocenters. The number of hydrogen-bond acceptors (Lipinski definition) is 4. The van der Waals surface area contributed by atoms with Crippen LogP contribution in [0.1, 0.15) is 61.5 Å². The largest absolute Gasteiger partial charge is 0.387 e. The molecule has 0 spiro atoms. The molecule has 2 heterocycles. The first-order valence-electron chi connectivity index (χ1n) is 8.71. The van der Waals surface area contributed by atoms with Crippen molar-refractivity contribution in [1.82, 2.24) is 19.7 Å². The lowest BCUT2D eigenvalue weighted by Crippen LogP contribution is -2.26. The zero-order valence-electron chi connectivity index (χ0n) is 14.8. The summed E-state index contributed by atoms with van der Waals surface area (Å²) in [4.78, 5) is 8.99. The predicted octanol–water partition coefficient (Wildman–Crippen LogP) is 3.70. The van der Waals surface area contributed by atoms with E-state index in [1.807, 2.05) is 19.9 Å². The Morgan fingerprint density at radius 1 is 1.24 bits per heavy atom. The van der Waals surface area contributed by atoms with Gasteiger partial charge in [0.2, 0.25) is 5.92 Å².